The van der Waals surface area contributed by atoms with E-state index in [1.165, 1.54) is 64.8 Å². The molecule has 1 N–H and O–H groups in total. The molecule has 1 saturated carbocycles. The molecular formula is C12H24N2. The molecule has 2 nitrogen and oxygen atoms in total. The summed E-state index contributed by atoms with van der Waals surface area (Å²) < 4.78 is 0. The van der Waals surface area contributed by atoms with E-state index in [9.17, 15) is 0 Å². The van der Waals surface area contributed by atoms with Gasteiger partial charge in [0.2, 0.25) is 0 Å². The van der Waals surface area contributed by atoms with Crippen LogP contribution < -0.4 is 5.32 Å². The minimum absolute atomic E-state index is 0.673. The predicted molar refractivity (Wildman–Crippen MR) is 60.5 cm³/mol. The normalized spacial score (nSPS) is 28.9. The smallest absolute Gasteiger partial charge is 0.00353 e. The van der Waals surface area contributed by atoms with Crippen LogP contribution in [0, 0.1) is 5.41 Å². The standard InChI is InChI=1S/C12H24N2/c1-12(5-2-6-12)11-14-9-3-7-13-8-4-10-14/h13H,2-11H2,1H3. The molecular weight excluding hydrogens is 172 g/mol. The minimum Gasteiger partial charge on any atom is -0.317 e. The van der Waals surface area contributed by atoms with Gasteiger partial charge in [0.1, 0.15) is 0 Å². The maximum Gasteiger partial charge on any atom is 0.00353 e. The molecule has 0 aromatic carbocycles. The number of hydrogen-bond acceptors (Lipinski definition) is 2. The molecule has 0 amide bonds. The summed E-state index contributed by atoms with van der Waals surface area (Å²) >= 11 is 0. The second kappa shape index (κ2) is 4.63. The van der Waals surface area contributed by atoms with Crippen LogP contribution >= 0.6 is 0 Å². The minimum atomic E-state index is 0.673. The Labute approximate surface area is 88.1 Å². The SMILES string of the molecule is CC1(CN2CCCNCCC2)CCC1. The highest BCUT2D eigenvalue weighted by Gasteiger charge is 2.33. The second-order valence-electron chi connectivity index (χ2n) is 5.40. The van der Waals surface area contributed by atoms with E-state index < -0.39 is 0 Å². The van der Waals surface area contributed by atoms with E-state index in [1.54, 1.807) is 0 Å². The molecule has 0 unspecified atom stereocenters. The summed E-state index contributed by atoms with van der Waals surface area (Å²) in [7, 11) is 0. The van der Waals surface area contributed by atoms with Gasteiger partial charge in [0.05, 0.1) is 0 Å². The fourth-order valence-electron chi connectivity index (χ4n) is 2.73. The average Bonchev–Trinajstić information content (AvgIpc) is 2.07. The van der Waals surface area contributed by atoms with E-state index >= 15 is 0 Å². The summed E-state index contributed by atoms with van der Waals surface area (Å²) in [5, 5.41) is 3.47. The van der Waals surface area contributed by atoms with Gasteiger partial charge in [0, 0.05) is 6.54 Å². The second-order valence-corrected chi connectivity index (χ2v) is 5.40. The molecule has 14 heavy (non-hydrogen) atoms. The Morgan fingerprint density at radius 1 is 1.07 bits per heavy atom. The summed E-state index contributed by atoms with van der Waals surface area (Å²) in [4.78, 5) is 2.69. The van der Waals surface area contributed by atoms with Crippen LogP contribution in [-0.2, 0) is 0 Å². The summed E-state index contributed by atoms with van der Waals surface area (Å²) in [6.07, 6.45) is 7.04. The maximum absolute atomic E-state index is 3.47. The average molecular weight is 196 g/mol. The molecule has 2 heteroatoms. The first-order valence-electron chi connectivity index (χ1n) is 6.22. The van der Waals surface area contributed by atoms with E-state index in [2.05, 4.69) is 17.1 Å². The van der Waals surface area contributed by atoms with E-state index in [0.717, 1.165) is 0 Å². The zero-order chi connectivity index (χ0) is 9.86. The van der Waals surface area contributed by atoms with Crippen molar-refractivity contribution < 1.29 is 0 Å². The fraction of sp³-hybridized carbons (Fsp3) is 1.00. The van der Waals surface area contributed by atoms with E-state index in [1.807, 2.05) is 0 Å². The van der Waals surface area contributed by atoms with Crippen molar-refractivity contribution >= 4 is 0 Å². The predicted octanol–water partition coefficient (Wildman–Crippen LogP) is 1.86. The topological polar surface area (TPSA) is 15.3 Å². The lowest BCUT2D eigenvalue weighted by Crippen LogP contribution is -2.43. The van der Waals surface area contributed by atoms with Gasteiger partial charge in [-0.05, 0) is 57.3 Å². The molecule has 0 aromatic rings. The van der Waals surface area contributed by atoms with Crippen LogP contribution in [0.3, 0.4) is 0 Å². The lowest BCUT2D eigenvalue weighted by Gasteiger charge is -2.42. The first-order chi connectivity index (χ1) is 6.79. The monoisotopic (exact) mass is 196 g/mol. The highest BCUT2D eigenvalue weighted by molar-refractivity contribution is 4.86. The Hall–Kier alpha value is -0.0800. The van der Waals surface area contributed by atoms with Crippen molar-refractivity contribution in [1.82, 2.24) is 10.2 Å². The van der Waals surface area contributed by atoms with Gasteiger partial charge in [0.25, 0.3) is 0 Å². The molecule has 0 bridgehead atoms. The first kappa shape index (κ1) is 10.4. The van der Waals surface area contributed by atoms with Gasteiger partial charge in [-0.15, -0.1) is 0 Å². The number of hydrogen-bond donors (Lipinski definition) is 1. The van der Waals surface area contributed by atoms with Crippen LogP contribution in [0.5, 0.6) is 0 Å². The highest BCUT2D eigenvalue weighted by Crippen LogP contribution is 2.40. The quantitative estimate of drug-likeness (QED) is 0.725. The van der Waals surface area contributed by atoms with Crippen molar-refractivity contribution in [2.75, 3.05) is 32.7 Å². The summed E-state index contributed by atoms with van der Waals surface area (Å²) in [5.41, 5.74) is 0.673. The summed E-state index contributed by atoms with van der Waals surface area (Å²) in [6, 6.07) is 0. The maximum atomic E-state index is 3.47. The van der Waals surface area contributed by atoms with Crippen LogP contribution in [0.4, 0.5) is 0 Å². The van der Waals surface area contributed by atoms with Crippen molar-refractivity contribution in [3.05, 3.63) is 0 Å². The van der Waals surface area contributed by atoms with Crippen molar-refractivity contribution in [1.29, 1.82) is 0 Å². The molecule has 2 aliphatic rings. The lowest BCUT2D eigenvalue weighted by molar-refractivity contribution is 0.0815. The third kappa shape index (κ3) is 2.71. The van der Waals surface area contributed by atoms with Crippen LogP contribution in [0.2, 0.25) is 0 Å². The molecule has 1 saturated heterocycles. The number of rotatable bonds is 2. The van der Waals surface area contributed by atoms with Crippen LogP contribution in [0.1, 0.15) is 39.0 Å². The fourth-order valence-corrected chi connectivity index (χ4v) is 2.73. The number of nitrogens with zero attached hydrogens (tertiary/aromatic N) is 1. The molecule has 1 aliphatic carbocycles. The Balaban J connectivity index is 1.76. The summed E-state index contributed by atoms with van der Waals surface area (Å²) in [5.74, 6) is 0. The Morgan fingerprint density at radius 2 is 1.71 bits per heavy atom. The van der Waals surface area contributed by atoms with Gasteiger partial charge in [-0.2, -0.15) is 0 Å². The van der Waals surface area contributed by atoms with E-state index in [-0.39, 0.29) is 0 Å². The van der Waals surface area contributed by atoms with Gasteiger partial charge >= 0.3 is 0 Å². The van der Waals surface area contributed by atoms with Crippen molar-refractivity contribution in [2.24, 2.45) is 5.41 Å². The molecule has 82 valence electrons. The van der Waals surface area contributed by atoms with E-state index in [0.29, 0.717) is 5.41 Å². The highest BCUT2D eigenvalue weighted by atomic mass is 15.1. The largest absolute Gasteiger partial charge is 0.317 e. The van der Waals surface area contributed by atoms with Crippen LogP contribution in [0.15, 0.2) is 0 Å². The Kier molecular flexibility index (Phi) is 3.45. The van der Waals surface area contributed by atoms with Gasteiger partial charge in [-0.25, -0.2) is 0 Å². The molecule has 2 rings (SSSR count). The van der Waals surface area contributed by atoms with Gasteiger partial charge in [-0.1, -0.05) is 13.3 Å². The molecule has 0 aromatic heterocycles. The number of nitrogens with one attached hydrogen (secondary N) is 1. The van der Waals surface area contributed by atoms with Crippen molar-refractivity contribution in [3.8, 4) is 0 Å². The zero-order valence-electron chi connectivity index (χ0n) is 9.52. The lowest BCUT2D eigenvalue weighted by atomic mass is 9.70. The van der Waals surface area contributed by atoms with Crippen LogP contribution in [0.25, 0.3) is 0 Å². The van der Waals surface area contributed by atoms with E-state index in [4.69, 9.17) is 0 Å². The third-order valence-corrected chi connectivity index (χ3v) is 3.82. The molecule has 0 spiro atoms. The van der Waals surface area contributed by atoms with Gasteiger partial charge in [0.15, 0.2) is 0 Å². The third-order valence-electron chi connectivity index (χ3n) is 3.82. The van der Waals surface area contributed by atoms with Crippen molar-refractivity contribution in [2.45, 2.75) is 39.0 Å². The Morgan fingerprint density at radius 3 is 2.21 bits per heavy atom. The molecule has 1 heterocycles. The van der Waals surface area contributed by atoms with Gasteiger partial charge in [-0.3, -0.25) is 0 Å². The van der Waals surface area contributed by atoms with Gasteiger partial charge < -0.3 is 10.2 Å². The molecule has 2 fully saturated rings. The van der Waals surface area contributed by atoms with Crippen LogP contribution in [-0.4, -0.2) is 37.6 Å². The molecule has 0 atom stereocenters. The van der Waals surface area contributed by atoms with Crippen molar-refractivity contribution in [3.63, 3.8) is 0 Å². The zero-order valence-corrected chi connectivity index (χ0v) is 9.52. The molecule has 0 radical (unpaired) electrons. The summed E-state index contributed by atoms with van der Waals surface area (Å²) in [6.45, 7) is 8.87. The first-order valence-corrected chi connectivity index (χ1v) is 6.22. The molecule has 1 aliphatic heterocycles. The Bertz CT molecular complexity index is 167.